The zero-order valence-electron chi connectivity index (χ0n) is 8.18. The zero-order valence-corrected chi connectivity index (χ0v) is 8.18. The van der Waals surface area contributed by atoms with Gasteiger partial charge in [-0.3, -0.25) is 0 Å². The van der Waals surface area contributed by atoms with Crippen molar-refractivity contribution >= 4 is 0 Å². The summed E-state index contributed by atoms with van der Waals surface area (Å²) in [6.07, 6.45) is 7.13. The highest BCUT2D eigenvalue weighted by molar-refractivity contribution is 4.83. The van der Waals surface area contributed by atoms with E-state index in [0.717, 1.165) is 39.1 Å². The summed E-state index contributed by atoms with van der Waals surface area (Å²) in [7, 11) is 1.73. The SMILES string of the molecule is C#CCCCN(CC)CCOC. The summed E-state index contributed by atoms with van der Waals surface area (Å²) >= 11 is 0. The Labute approximate surface area is 75.9 Å². The van der Waals surface area contributed by atoms with Gasteiger partial charge in [-0.15, -0.1) is 12.3 Å². The largest absolute Gasteiger partial charge is 0.383 e. The molecule has 0 fully saturated rings. The van der Waals surface area contributed by atoms with Gasteiger partial charge in [0.2, 0.25) is 0 Å². The minimum atomic E-state index is 0.809. The zero-order chi connectivity index (χ0) is 9.23. The molecule has 2 heteroatoms. The van der Waals surface area contributed by atoms with Crippen LogP contribution >= 0.6 is 0 Å². The van der Waals surface area contributed by atoms with Crippen LogP contribution in [0.5, 0.6) is 0 Å². The maximum Gasteiger partial charge on any atom is 0.0589 e. The Bertz CT molecular complexity index is 128. The first-order chi connectivity index (χ1) is 5.85. The second-order valence-corrected chi connectivity index (χ2v) is 2.73. The fraction of sp³-hybridized carbons (Fsp3) is 0.800. The van der Waals surface area contributed by atoms with Crippen molar-refractivity contribution < 1.29 is 4.74 Å². The second kappa shape index (κ2) is 8.58. The average Bonchev–Trinajstić information content (AvgIpc) is 2.11. The molecule has 0 rings (SSSR count). The van der Waals surface area contributed by atoms with Gasteiger partial charge in [0, 0.05) is 20.1 Å². The van der Waals surface area contributed by atoms with Gasteiger partial charge in [0.15, 0.2) is 0 Å². The Hall–Kier alpha value is -0.520. The lowest BCUT2D eigenvalue weighted by atomic mass is 10.3. The summed E-state index contributed by atoms with van der Waals surface area (Å²) in [4.78, 5) is 2.35. The molecule has 12 heavy (non-hydrogen) atoms. The van der Waals surface area contributed by atoms with Crippen LogP contribution in [0.4, 0.5) is 0 Å². The number of hydrogen-bond donors (Lipinski definition) is 0. The molecular formula is C10H19NO. The van der Waals surface area contributed by atoms with Crippen LogP contribution in [0.15, 0.2) is 0 Å². The molecule has 70 valence electrons. The fourth-order valence-electron chi connectivity index (χ4n) is 1.05. The van der Waals surface area contributed by atoms with E-state index in [1.165, 1.54) is 0 Å². The molecule has 0 N–H and O–H groups in total. The Morgan fingerprint density at radius 3 is 2.67 bits per heavy atom. The number of methoxy groups -OCH3 is 1. The molecular weight excluding hydrogens is 150 g/mol. The molecule has 0 bridgehead atoms. The summed E-state index contributed by atoms with van der Waals surface area (Å²) < 4.78 is 5.00. The first-order valence-electron chi connectivity index (χ1n) is 4.49. The second-order valence-electron chi connectivity index (χ2n) is 2.73. The van der Waals surface area contributed by atoms with Gasteiger partial charge in [0.25, 0.3) is 0 Å². The molecule has 0 aliphatic heterocycles. The maximum atomic E-state index is 5.16. The predicted octanol–water partition coefficient (Wildman–Crippen LogP) is 1.37. The number of ether oxygens (including phenoxy) is 1. The van der Waals surface area contributed by atoms with E-state index < -0.39 is 0 Å². The van der Waals surface area contributed by atoms with Crippen LogP contribution in [0, 0.1) is 12.3 Å². The third kappa shape index (κ3) is 6.21. The number of unbranched alkanes of at least 4 members (excludes halogenated alkanes) is 1. The van der Waals surface area contributed by atoms with Crippen LogP contribution in [-0.2, 0) is 4.74 Å². The van der Waals surface area contributed by atoms with Gasteiger partial charge < -0.3 is 9.64 Å². The smallest absolute Gasteiger partial charge is 0.0589 e. The van der Waals surface area contributed by atoms with Crippen LogP contribution in [0.25, 0.3) is 0 Å². The summed E-state index contributed by atoms with van der Waals surface area (Å²) in [6.45, 7) is 6.14. The fourth-order valence-corrected chi connectivity index (χ4v) is 1.05. The highest BCUT2D eigenvalue weighted by Crippen LogP contribution is 1.93. The minimum absolute atomic E-state index is 0.809. The molecule has 0 aliphatic carbocycles. The highest BCUT2D eigenvalue weighted by Gasteiger charge is 1.99. The van der Waals surface area contributed by atoms with Crippen molar-refractivity contribution in [1.29, 1.82) is 0 Å². The quantitative estimate of drug-likeness (QED) is 0.421. The van der Waals surface area contributed by atoms with E-state index >= 15 is 0 Å². The minimum Gasteiger partial charge on any atom is -0.383 e. The number of terminal acetylenes is 1. The summed E-state index contributed by atoms with van der Waals surface area (Å²) in [6, 6.07) is 0. The number of hydrogen-bond acceptors (Lipinski definition) is 2. The van der Waals surface area contributed by atoms with Crippen LogP contribution in [0.1, 0.15) is 19.8 Å². The monoisotopic (exact) mass is 169 g/mol. The molecule has 0 spiro atoms. The Morgan fingerprint density at radius 1 is 1.42 bits per heavy atom. The first-order valence-corrected chi connectivity index (χ1v) is 4.49. The van der Waals surface area contributed by atoms with Gasteiger partial charge in [-0.25, -0.2) is 0 Å². The maximum absolute atomic E-state index is 5.16. The molecule has 0 aromatic carbocycles. The molecule has 0 aromatic rings. The summed E-state index contributed by atoms with van der Waals surface area (Å²) in [5.74, 6) is 2.65. The van der Waals surface area contributed by atoms with Gasteiger partial charge in [0.05, 0.1) is 6.61 Å². The Balaban J connectivity index is 3.34. The van der Waals surface area contributed by atoms with E-state index in [9.17, 15) is 0 Å². The lowest BCUT2D eigenvalue weighted by Gasteiger charge is -2.18. The van der Waals surface area contributed by atoms with E-state index in [1.807, 2.05) is 0 Å². The average molecular weight is 169 g/mol. The number of rotatable bonds is 7. The third-order valence-corrected chi connectivity index (χ3v) is 1.85. The van der Waals surface area contributed by atoms with Crippen LogP contribution in [0.2, 0.25) is 0 Å². The van der Waals surface area contributed by atoms with E-state index in [-0.39, 0.29) is 0 Å². The molecule has 2 nitrogen and oxygen atoms in total. The molecule has 0 saturated carbocycles. The molecule has 0 atom stereocenters. The number of likely N-dealkylation sites (N-methyl/N-ethyl adjacent to an activating group) is 1. The summed E-state index contributed by atoms with van der Waals surface area (Å²) in [5, 5.41) is 0. The first kappa shape index (κ1) is 11.5. The van der Waals surface area contributed by atoms with Crippen molar-refractivity contribution in [3.8, 4) is 12.3 Å². The van der Waals surface area contributed by atoms with Crippen molar-refractivity contribution in [2.45, 2.75) is 19.8 Å². The third-order valence-electron chi connectivity index (χ3n) is 1.85. The molecule has 0 amide bonds. The standard InChI is InChI=1S/C10H19NO/c1-4-6-7-8-11(5-2)9-10-12-3/h1H,5-10H2,2-3H3. The van der Waals surface area contributed by atoms with Crippen LogP contribution in [-0.4, -0.2) is 38.3 Å². The van der Waals surface area contributed by atoms with Gasteiger partial charge in [-0.05, 0) is 19.5 Å². The predicted molar refractivity (Wildman–Crippen MR) is 52.1 cm³/mol. The van der Waals surface area contributed by atoms with Gasteiger partial charge >= 0.3 is 0 Å². The summed E-state index contributed by atoms with van der Waals surface area (Å²) in [5.41, 5.74) is 0. The van der Waals surface area contributed by atoms with Crippen molar-refractivity contribution in [2.24, 2.45) is 0 Å². The van der Waals surface area contributed by atoms with Crippen molar-refractivity contribution in [2.75, 3.05) is 33.4 Å². The topological polar surface area (TPSA) is 12.5 Å². The molecule has 0 heterocycles. The highest BCUT2D eigenvalue weighted by atomic mass is 16.5. The normalized spacial score (nSPS) is 10.2. The van der Waals surface area contributed by atoms with E-state index in [0.29, 0.717) is 0 Å². The van der Waals surface area contributed by atoms with Gasteiger partial charge in [-0.1, -0.05) is 6.92 Å². The van der Waals surface area contributed by atoms with Gasteiger partial charge in [-0.2, -0.15) is 0 Å². The van der Waals surface area contributed by atoms with Crippen molar-refractivity contribution in [3.05, 3.63) is 0 Å². The van der Waals surface area contributed by atoms with Crippen LogP contribution in [0.3, 0.4) is 0 Å². The van der Waals surface area contributed by atoms with Crippen molar-refractivity contribution in [3.63, 3.8) is 0 Å². The number of nitrogens with zero attached hydrogens (tertiary/aromatic N) is 1. The molecule has 0 radical (unpaired) electrons. The molecule has 0 aromatic heterocycles. The van der Waals surface area contributed by atoms with E-state index in [4.69, 9.17) is 11.2 Å². The lowest BCUT2D eigenvalue weighted by Crippen LogP contribution is -2.28. The molecule has 0 aliphatic rings. The lowest BCUT2D eigenvalue weighted by molar-refractivity contribution is 0.150. The van der Waals surface area contributed by atoms with Crippen LogP contribution < -0.4 is 0 Å². The molecule has 0 saturated heterocycles. The van der Waals surface area contributed by atoms with E-state index in [2.05, 4.69) is 17.7 Å². The Morgan fingerprint density at radius 2 is 2.17 bits per heavy atom. The molecule has 0 unspecified atom stereocenters. The Kier molecular flexibility index (Phi) is 8.20. The van der Waals surface area contributed by atoms with Crippen molar-refractivity contribution in [1.82, 2.24) is 4.90 Å². The van der Waals surface area contributed by atoms with E-state index in [1.54, 1.807) is 7.11 Å². The van der Waals surface area contributed by atoms with Gasteiger partial charge in [0.1, 0.15) is 0 Å².